The van der Waals surface area contributed by atoms with E-state index in [0.717, 1.165) is 31.5 Å². The first-order valence-electron chi connectivity index (χ1n) is 9.91. The van der Waals surface area contributed by atoms with Crippen molar-refractivity contribution in [2.45, 2.75) is 25.3 Å². The molecule has 1 saturated heterocycles. The summed E-state index contributed by atoms with van der Waals surface area (Å²) in [5.74, 6) is 1.33. The summed E-state index contributed by atoms with van der Waals surface area (Å²) in [6, 6.07) is 15.3. The molecule has 2 heterocycles. The quantitative estimate of drug-likeness (QED) is 0.784. The highest BCUT2D eigenvalue weighted by Crippen LogP contribution is 2.34. The van der Waals surface area contributed by atoms with Gasteiger partial charge in [0.25, 0.3) is 0 Å². The molecule has 2 aliphatic rings. The van der Waals surface area contributed by atoms with Crippen molar-refractivity contribution >= 4 is 17.5 Å². The molecule has 7 heteroatoms. The lowest BCUT2D eigenvalue weighted by Gasteiger charge is -2.31. The summed E-state index contributed by atoms with van der Waals surface area (Å²) < 4.78 is 10.6. The van der Waals surface area contributed by atoms with Gasteiger partial charge >= 0.3 is 0 Å². The molecule has 0 atom stereocenters. The number of likely N-dealkylation sites (tertiary alicyclic amines) is 1. The van der Waals surface area contributed by atoms with Crippen LogP contribution in [0.25, 0.3) is 0 Å². The van der Waals surface area contributed by atoms with E-state index < -0.39 is 0 Å². The number of benzene rings is 2. The Morgan fingerprint density at radius 1 is 0.966 bits per heavy atom. The molecule has 2 aromatic carbocycles. The summed E-state index contributed by atoms with van der Waals surface area (Å²) in [6.07, 6.45) is 2.09. The Labute approximate surface area is 170 Å². The number of anilines is 1. The molecule has 7 nitrogen and oxygen atoms in total. The lowest BCUT2D eigenvalue weighted by Crippen LogP contribution is -2.46. The third-order valence-corrected chi connectivity index (χ3v) is 5.18. The minimum absolute atomic E-state index is 0.0511. The van der Waals surface area contributed by atoms with Gasteiger partial charge in [-0.05, 0) is 30.5 Å². The van der Waals surface area contributed by atoms with Crippen molar-refractivity contribution in [2.75, 3.05) is 31.7 Å². The average Bonchev–Trinajstić information content (AvgIpc) is 3.18. The molecule has 2 aliphatic heterocycles. The topological polar surface area (TPSA) is 79.9 Å². The van der Waals surface area contributed by atoms with Gasteiger partial charge in [0.2, 0.25) is 18.6 Å². The summed E-state index contributed by atoms with van der Waals surface area (Å²) in [4.78, 5) is 26.7. The largest absolute Gasteiger partial charge is 0.454 e. The minimum Gasteiger partial charge on any atom is -0.454 e. The molecule has 0 bridgehead atoms. The van der Waals surface area contributed by atoms with E-state index in [-0.39, 0.29) is 24.6 Å². The number of piperidine rings is 1. The van der Waals surface area contributed by atoms with E-state index in [1.807, 2.05) is 30.3 Å². The van der Waals surface area contributed by atoms with Gasteiger partial charge in [-0.25, -0.2) is 0 Å². The fourth-order valence-corrected chi connectivity index (χ4v) is 3.67. The van der Waals surface area contributed by atoms with Crippen LogP contribution in [0.2, 0.25) is 0 Å². The third kappa shape index (κ3) is 5.26. The zero-order chi connectivity index (χ0) is 20.1. The summed E-state index contributed by atoms with van der Waals surface area (Å²) in [5.41, 5.74) is 1.71. The lowest BCUT2D eigenvalue weighted by molar-refractivity contribution is -0.122. The molecule has 29 heavy (non-hydrogen) atoms. The minimum atomic E-state index is -0.0598. The Morgan fingerprint density at radius 3 is 2.52 bits per heavy atom. The molecule has 0 unspecified atom stereocenters. The number of carbonyl (C=O) groups is 2. The molecular formula is C22H25N3O4. The summed E-state index contributed by atoms with van der Waals surface area (Å²) in [6.45, 7) is 2.11. The second-order valence-electron chi connectivity index (χ2n) is 7.40. The zero-order valence-corrected chi connectivity index (χ0v) is 16.2. The van der Waals surface area contributed by atoms with Crippen molar-refractivity contribution in [2.24, 2.45) is 0 Å². The molecule has 0 radical (unpaired) electrons. The number of ether oxygens (including phenoxy) is 2. The molecule has 152 valence electrons. The van der Waals surface area contributed by atoms with Gasteiger partial charge in [-0.2, -0.15) is 0 Å². The molecule has 4 rings (SSSR count). The van der Waals surface area contributed by atoms with Gasteiger partial charge in [0.1, 0.15) is 0 Å². The van der Waals surface area contributed by atoms with Crippen LogP contribution in [-0.2, 0) is 16.0 Å². The summed E-state index contributed by atoms with van der Waals surface area (Å²) >= 11 is 0. The summed E-state index contributed by atoms with van der Waals surface area (Å²) in [7, 11) is 0. The second kappa shape index (κ2) is 8.96. The van der Waals surface area contributed by atoms with Crippen LogP contribution in [0, 0.1) is 0 Å². The first-order valence-corrected chi connectivity index (χ1v) is 9.91. The van der Waals surface area contributed by atoms with Crippen LogP contribution in [0.4, 0.5) is 5.69 Å². The van der Waals surface area contributed by atoms with Crippen LogP contribution in [-0.4, -0.2) is 49.2 Å². The van der Waals surface area contributed by atoms with E-state index in [4.69, 9.17) is 9.47 Å². The predicted octanol–water partition coefficient (Wildman–Crippen LogP) is 2.18. The van der Waals surface area contributed by atoms with E-state index >= 15 is 0 Å². The van der Waals surface area contributed by atoms with Crippen molar-refractivity contribution in [3.63, 3.8) is 0 Å². The van der Waals surface area contributed by atoms with Crippen LogP contribution in [0.1, 0.15) is 18.4 Å². The highest BCUT2D eigenvalue weighted by Gasteiger charge is 2.22. The molecular weight excluding hydrogens is 370 g/mol. The molecule has 0 aromatic heterocycles. The van der Waals surface area contributed by atoms with Gasteiger partial charge in [0, 0.05) is 30.9 Å². The normalized spacial score (nSPS) is 16.4. The number of rotatable bonds is 6. The van der Waals surface area contributed by atoms with Crippen molar-refractivity contribution in [3.8, 4) is 11.5 Å². The number of carbonyl (C=O) groups excluding carboxylic acids is 2. The SMILES string of the molecule is O=C(CN1CCC(NC(=O)Cc2ccccc2)CC1)Nc1ccc2c(c1)OCO2. The van der Waals surface area contributed by atoms with E-state index in [1.54, 1.807) is 18.2 Å². The van der Waals surface area contributed by atoms with Gasteiger partial charge in [-0.15, -0.1) is 0 Å². The van der Waals surface area contributed by atoms with Crippen LogP contribution in [0.15, 0.2) is 48.5 Å². The predicted molar refractivity (Wildman–Crippen MR) is 109 cm³/mol. The average molecular weight is 395 g/mol. The maximum atomic E-state index is 12.3. The highest BCUT2D eigenvalue weighted by molar-refractivity contribution is 5.92. The molecule has 0 saturated carbocycles. The Morgan fingerprint density at radius 2 is 1.72 bits per heavy atom. The summed E-state index contributed by atoms with van der Waals surface area (Å²) in [5, 5.41) is 6.02. The number of nitrogens with one attached hydrogen (secondary N) is 2. The third-order valence-electron chi connectivity index (χ3n) is 5.18. The first-order chi connectivity index (χ1) is 14.2. The van der Waals surface area contributed by atoms with Crippen LogP contribution in [0.5, 0.6) is 11.5 Å². The standard InChI is InChI=1S/C22H25N3O4/c26-21(12-16-4-2-1-3-5-16)23-17-8-10-25(11-9-17)14-22(27)24-18-6-7-19-20(13-18)29-15-28-19/h1-7,13,17H,8-12,14-15H2,(H,23,26)(H,24,27). The maximum absolute atomic E-state index is 12.3. The van der Waals surface area contributed by atoms with E-state index in [1.165, 1.54) is 0 Å². The molecule has 0 aliphatic carbocycles. The Hall–Kier alpha value is -3.06. The van der Waals surface area contributed by atoms with E-state index in [9.17, 15) is 9.59 Å². The monoisotopic (exact) mass is 395 g/mol. The Bertz CT molecular complexity index is 864. The van der Waals surface area contributed by atoms with Gasteiger partial charge in [0.05, 0.1) is 13.0 Å². The van der Waals surface area contributed by atoms with E-state index in [0.29, 0.717) is 30.2 Å². The van der Waals surface area contributed by atoms with Crippen LogP contribution >= 0.6 is 0 Å². The van der Waals surface area contributed by atoms with Crippen LogP contribution < -0.4 is 20.1 Å². The number of hydrogen-bond acceptors (Lipinski definition) is 5. The Kier molecular flexibility index (Phi) is 5.95. The zero-order valence-electron chi connectivity index (χ0n) is 16.2. The van der Waals surface area contributed by atoms with Crippen molar-refractivity contribution in [1.29, 1.82) is 0 Å². The number of fused-ring (bicyclic) bond motifs is 1. The second-order valence-corrected chi connectivity index (χ2v) is 7.40. The van der Waals surface area contributed by atoms with Gasteiger partial charge in [-0.1, -0.05) is 30.3 Å². The Balaban J connectivity index is 1.18. The molecule has 2 aromatic rings. The van der Waals surface area contributed by atoms with Gasteiger partial charge in [0.15, 0.2) is 11.5 Å². The molecule has 2 N–H and O–H groups in total. The lowest BCUT2D eigenvalue weighted by atomic mass is 10.0. The van der Waals surface area contributed by atoms with Gasteiger partial charge < -0.3 is 20.1 Å². The first kappa shape index (κ1) is 19.3. The molecule has 2 amide bonds. The molecule has 1 fully saturated rings. The molecule has 0 spiro atoms. The van der Waals surface area contributed by atoms with Crippen molar-refractivity contribution in [1.82, 2.24) is 10.2 Å². The highest BCUT2D eigenvalue weighted by atomic mass is 16.7. The van der Waals surface area contributed by atoms with Gasteiger partial charge in [-0.3, -0.25) is 14.5 Å². The number of hydrogen-bond donors (Lipinski definition) is 2. The maximum Gasteiger partial charge on any atom is 0.238 e. The van der Waals surface area contributed by atoms with E-state index in [2.05, 4.69) is 15.5 Å². The van der Waals surface area contributed by atoms with Crippen molar-refractivity contribution in [3.05, 3.63) is 54.1 Å². The fourth-order valence-electron chi connectivity index (χ4n) is 3.67. The fraction of sp³-hybridized carbons (Fsp3) is 0.364. The van der Waals surface area contributed by atoms with Crippen LogP contribution in [0.3, 0.4) is 0 Å². The number of nitrogens with zero attached hydrogens (tertiary/aromatic N) is 1. The van der Waals surface area contributed by atoms with Crippen molar-refractivity contribution < 1.29 is 19.1 Å². The smallest absolute Gasteiger partial charge is 0.238 e. The number of amides is 2.